The highest BCUT2D eigenvalue weighted by Crippen LogP contribution is 2.22. The average molecular weight is 304 g/mol. The summed E-state index contributed by atoms with van der Waals surface area (Å²) in [6, 6.07) is 7.94. The molecule has 2 rings (SSSR count). The lowest BCUT2D eigenvalue weighted by Gasteiger charge is -2.07. The van der Waals surface area contributed by atoms with Gasteiger partial charge in [-0.2, -0.15) is 0 Å². The molecule has 1 amide bonds. The lowest BCUT2D eigenvalue weighted by Crippen LogP contribution is -2.23. The summed E-state index contributed by atoms with van der Waals surface area (Å²) in [5, 5.41) is 3.67. The molecule has 2 aromatic rings. The number of carbonyl (C=O) groups is 1. The van der Waals surface area contributed by atoms with Crippen molar-refractivity contribution in [1.29, 1.82) is 0 Å². The third kappa shape index (κ3) is 5.28. The number of rotatable bonds is 7. The first-order valence-electron chi connectivity index (χ1n) is 7.08. The Labute approximate surface area is 128 Å². The molecule has 112 valence electrons. The highest BCUT2D eigenvalue weighted by Gasteiger charge is 2.01. The van der Waals surface area contributed by atoms with Crippen LogP contribution in [0.2, 0.25) is 0 Å². The average Bonchev–Trinajstić information content (AvgIpc) is 2.87. The van der Waals surface area contributed by atoms with Crippen molar-refractivity contribution in [3.05, 3.63) is 35.3 Å². The van der Waals surface area contributed by atoms with Crippen LogP contribution in [0.1, 0.15) is 25.3 Å². The van der Waals surface area contributed by atoms with Crippen LogP contribution in [0.4, 0.5) is 0 Å². The van der Waals surface area contributed by atoms with Crippen LogP contribution in [0.25, 0.3) is 16.3 Å². The predicted molar refractivity (Wildman–Crippen MR) is 87.4 cm³/mol. The number of amides is 1. The topological polar surface area (TPSA) is 51.2 Å². The van der Waals surface area contributed by atoms with Gasteiger partial charge < -0.3 is 10.1 Å². The Bertz CT molecular complexity index is 587. The molecule has 21 heavy (non-hydrogen) atoms. The summed E-state index contributed by atoms with van der Waals surface area (Å²) >= 11 is 1.58. The molecule has 1 aromatic carbocycles. The molecule has 0 bridgehead atoms. The van der Waals surface area contributed by atoms with Crippen molar-refractivity contribution in [3.63, 3.8) is 0 Å². The summed E-state index contributed by atoms with van der Waals surface area (Å²) < 4.78 is 6.54. The molecule has 0 radical (unpaired) electrons. The molecule has 4 nitrogen and oxygen atoms in total. The Morgan fingerprint density at radius 2 is 2.24 bits per heavy atom. The first kappa shape index (κ1) is 15.7. The van der Waals surface area contributed by atoms with Crippen LogP contribution in [0.5, 0.6) is 0 Å². The van der Waals surface area contributed by atoms with Crippen LogP contribution in [-0.2, 0) is 9.53 Å². The van der Waals surface area contributed by atoms with Crippen molar-refractivity contribution in [3.8, 4) is 0 Å². The molecule has 0 spiro atoms. The molecule has 1 aromatic heterocycles. The minimum atomic E-state index is -0.0983. The molecule has 1 N–H and O–H groups in total. The summed E-state index contributed by atoms with van der Waals surface area (Å²) in [5.74, 6) is -0.0983. The van der Waals surface area contributed by atoms with Gasteiger partial charge in [-0.25, -0.2) is 4.98 Å². The van der Waals surface area contributed by atoms with E-state index in [9.17, 15) is 4.79 Å². The molecule has 0 saturated heterocycles. The molecular formula is C16H20N2O2S. The molecule has 0 aliphatic rings. The van der Waals surface area contributed by atoms with Crippen LogP contribution >= 0.6 is 11.3 Å². The van der Waals surface area contributed by atoms with Crippen molar-refractivity contribution in [2.24, 2.45) is 0 Å². The molecule has 0 aliphatic carbocycles. The SMILES string of the molecule is CC(C)OCCCNC(=O)/C=C/c1nc2ccccc2s1. The van der Waals surface area contributed by atoms with E-state index in [1.165, 1.54) is 6.08 Å². The zero-order valence-corrected chi connectivity index (χ0v) is 13.2. The largest absolute Gasteiger partial charge is 0.379 e. The Balaban J connectivity index is 1.76. The van der Waals surface area contributed by atoms with Crippen molar-refractivity contribution in [2.45, 2.75) is 26.4 Å². The third-order valence-electron chi connectivity index (χ3n) is 2.76. The van der Waals surface area contributed by atoms with E-state index in [0.717, 1.165) is 21.6 Å². The van der Waals surface area contributed by atoms with Gasteiger partial charge in [-0.3, -0.25) is 4.79 Å². The van der Waals surface area contributed by atoms with Gasteiger partial charge in [0, 0.05) is 19.2 Å². The van der Waals surface area contributed by atoms with E-state index >= 15 is 0 Å². The first-order valence-corrected chi connectivity index (χ1v) is 7.90. The second-order valence-electron chi connectivity index (χ2n) is 4.92. The van der Waals surface area contributed by atoms with Crippen molar-refractivity contribution in [2.75, 3.05) is 13.2 Å². The Kier molecular flexibility index (Phi) is 5.90. The fourth-order valence-corrected chi connectivity index (χ4v) is 2.64. The number of para-hydroxylation sites is 1. The number of thiazole rings is 1. The maximum Gasteiger partial charge on any atom is 0.244 e. The van der Waals surface area contributed by atoms with Gasteiger partial charge in [-0.15, -0.1) is 11.3 Å². The zero-order valence-electron chi connectivity index (χ0n) is 12.3. The maximum absolute atomic E-state index is 11.7. The van der Waals surface area contributed by atoms with E-state index in [2.05, 4.69) is 10.3 Å². The van der Waals surface area contributed by atoms with Gasteiger partial charge in [0.05, 0.1) is 16.3 Å². The summed E-state index contributed by atoms with van der Waals surface area (Å²) in [4.78, 5) is 16.1. The summed E-state index contributed by atoms with van der Waals surface area (Å²) in [6.07, 6.45) is 4.34. The van der Waals surface area contributed by atoms with E-state index in [-0.39, 0.29) is 12.0 Å². The molecular weight excluding hydrogens is 284 g/mol. The van der Waals surface area contributed by atoms with Gasteiger partial charge in [0.1, 0.15) is 5.01 Å². The highest BCUT2D eigenvalue weighted by molar-refractivity contribution is 7.19. The second kappa shape index (κ2) is 7.90. The minimum absolute atomic E-state index is 0.0983. The number of hydrogen-bond donors (Lipinski definition) is 1. The normalized spacial score (nSPS) is 11.6. The van der Waals surface area contributed by atoms with Gasteiger partial charge >= 0.3 is 0 Å². The molecule has 0 unspecified atom stereocenters. The van der Waals surface area contributed by atoms with Gasteiger partial charge in [0.2, 0.25) is 5.91 Å². The van der Waals surface area contributed by atoms with Crippen LogP contribution in [0.3, 0.4) is 0 Å². The smallest absolute Gasteiger partial charge is 0.244 e. The van der Waals surface area contributed by atoms with Crippen LogP contribution in [0.15, 0.2) is 30.3 Å². The van der Waals surface area contributed by atoms with E-state index in [1.54, 1.807) is 17.4 Å². The number of aromatic nitrogens is 1. The van der Waals surface area contributed by atoms with E-state index < -0.39 is 0 Å². The number of hydrogen-bond acceptors (Lipinski definition) is 4. The lowest BCUT2D eigenvalue weighted by molar-refractivity contribution is -0.116. The second-order valence-corrected chi connectivity index (χ2v) is 5.98. The highest BCUT2D eigenvalue weighted by atomic mass is 32.1. The van der Waals surface area contributed by atoms with Crippen molar-refractivity contribution < 1.29 is 9.53 Å². The maximum atomic E-state index is 11.7. The molecule has 0 atom stereocenters. The van der Waals surface area contributed by atoms with E-state index in [1.807, 2.05) is 38.1 Å². The van der Waals surface area contributed by atoms with E-state index in [4.69, 9.17) is 4.74 Å². The van der Waals surface area contributed by atoms with Crippen LogP contribution in [-0.4, -0.2) is 30.1 Å². The number of benzene rings is 1. The van der Waals surface area contributed by atoms with Gasteiger partial charge in [-0.1, -0.05) is 12.1 Å². The Hall–Kier alpha value is -1.72. The lowest BCUT2D eigenvalue weighted by atomic mass is 10.3. The number of ether oxygens (including phenoxy) is 1. The predicted octanol–water partition coefficient (Wildman–Crippen LogP) is 3.24. The molecule has 0 aliphatic heterocycles. The Morgan fingerprint density at radius 3 is 3.00 bits per heavy atom. The molecule has 1 heterocycles. The summed E-state index contributed by atoms with van der Waals surface area (Å²) in [5.41, 5.74) is 0.966. The van der Waals surface area contributed by atoms with Crippen LogP contribution < -0.4 is 5.32 Å². The first-order chi connectivity index (χ1) is 10.1. The zero-order chi connectivity index (χ0) is 15.1. The standard InChI is InChI=1S/C16H20N2O2S/c1-12(2)20-11-5-10-17-15(19)8-9-16-18-13-6-3-4-7-14(13)21-16/h3-4,6-9,12H,5,10-11H2,1-2H3,(H,17,19)/b9-8+. The third-order valence-corrected chi connectivity index (χ3v) is 3.76. The van der Waals surface area contributed by atoms with Crippen molar-refractivity contribution >= 4 is 33.5 Å². The van der Waals surface area contributed by atoms with Gasteiger partial charge in [-0.05, 0) is 38.5 Å². The quantitative estimate of drug-likeness (QED) is 0.631. The number of fused-ring (bicyclic) bond motifs is 1. The number of carbonyl (C=O) groups excluding carboxylic acids is 1. The Morgan fingerprint density at radius 1 is 1.43 bits per heavy atom. The van der Waals surface area contributed by atoms with Crippen LogP contribution in [0, 0.1) is 0 Å². The fourth-order valence-electron chi connectivity index (χ4n) is 1.77. The van der Waals surface area contributed by atoms with Gasteiger partial charge in [0.25, 0.3) is 0 Å². The van der Waals surface area contributed by atoms with E-state index in [0.29, 0.717) is 13.2 Å². The summed E-state index contributed by atoms with van der Waals surface area (Å²) in [7, 11) is 0. The molecule has 0 saturated carbocycles. The molecule has 5 heteroatoms. The van der Waals surface area contributed by atoms with Gasteiger partial charge in [0.15, 0.2) is 0 Å². The molecule has 0 fully saturated rings. The fraction of sp³-hybridized carbons (Fsp3) is 0.375. The monoisotopic (exact) mass is 304 g/mol. The number of nitrogens with zero attached hydrogens (tertiary/aromatic N) is 1. The summed E-state index contributed by atoms with van der Waals surface area (Å²) in [6.45, 7) is 5.29. The van der Waals surface area contributed by atoms with Crippen molar-refractivity contribution in [1.82, 2.24) is 10.3 Å². The minimum Gasteiger partial charge on any atom is -0.379 e. The number of nitrogens with one attached hydrogen (secondary N) is 1.